The molecule has 0 radical (unpaired) electrons. The number of benzene rings is 2. The van der Waals surface area contributed by atoms with E-state index in [2.05, 4.69) is 54.8 Å². The van der Waals surface area contributed by atoms with Gasteiger partial charge in [-0.15, -0.1) is 0 Å². The molecule has 0 aliphatic rings. The fourth-order valence-electron chi connectivity index (χ4n) is 3.41. The van der Waals surface area contributed by atoms with Gasteiger partial charge in [0.15, 0.2) is 0 Å². The lowest BCUT2D eigenvalue weighted by molar-refractivity contribution is 0.475. The second-order valence-electron chi connectivity index (χ2n) is 7.12. The van der Waals surface area contributed by atoms with Gasteiger partial charge in [0.1, 0.15) is 5.75 Å². The minimum absolute atomic E-state index is 0.304. The van der Waals surface area contributed by atoms with E-state index in [-0.39, 0.29) is 0 Å². The predicted molar refractivity (Wildman–Crippen MR) is 110 cm³/mol. The van der Waals surface area contributed by atoms with Crippen LogP contribution >= 0.6 is 0 Å². The molecule has 0 unspecified atom stereocenters. The third-order valence-electron chi connectivity index (χ3n) is 5.04. The van der Waals surface area contributed by atoms with E-state index in [1.54, 1.807) is 12.1 Å². The number of hydrogen-bond donors (Lipinski definition) is 1. The van der Waals surface area contributed by atoms with Crippen molar-refractivity contribution in [2.24, 2.45) is 0 Å². The van der Waals surface area contributed by atoms with Gasteiger partial charge in [0, 0.05) is 17.9 Å². The number of rotatable bonds is 8. The first-order valence-electron chi connectivity index (χ1n) is 9.70. The normalized spacial score (nSPS) is 11.0. The first-order chi connectivity index (χ1) is 12.7. The number of hydrogen-bond acceptors (Lipinski definition) is 1. The maximum Gasteiger partial charge on any atom is 0.115 e. The summed E-state index contributed by atoms with van der Waals surface area (Å²) in [4.78, 5) is 0. The van der Waals surface area contributed by atoms with E-state index in [0.717, 1.165) is 12.1 Å². The Bertz CT molecular complexity index is 812. The fourth-order valence-corrected chi connectivity index (χ4v) is 3.41. The molecule has 2 heteroatoms. The molecule has 2 aromatic carbocycles. The number of phenols is 1. The molecule has 26 heavy (non-hydrogen) atoms. The maximum atomic E-state index is 9.52. The van der Waals surface area contributed by atoms with Crippen LogP contribution in [0.1, 0.15) is 49.4 Å². The van der Waals surface area contributed by atoms with Crippen molar-refractivity contribution in [2.75, 3.05) is 0 Å². The molecule has 0 atom stereocenters. The summed E-state index contributed by atoms with van der Waals surface area (Å²) < 4.78 is 2.34. The summed E-state index contributed by atoms with van der Waals surface area (Å²) in [6, 6.07) is 20.8. The van der Waals surface area contributed by atoms with Crippen LogP contribution in [0.15, 0.2) is 60.7 Å². The van der Waals surface area contributed by atoms with E-state index >= 15 is 0 Å². The summed E-state index contributed by atoms with van der Waals surface area (Å²) >= 11 is 0. The molecule has 0 fully saturated rings. The third kappa shape index (κ3) is 4.57. The Kier molecular flexibility index (Phi) is 6.17. The molecule has 0 saturated carbocycles. The SMILES string of the molecule is CCCCCCc1ccc(Cn2c(C)ccc2-c2ccc(O)cc2)cc1. The average molecular weight is 348 g/mol. The van der Waals surface area contributed by atoms with Crippen LogP contribution in [0.25, 0.3) is 11.3 Å². The first kappa shape index (κ1) is 18.3. The standard InChI is InChI=1S/C24H29NO/c1-3-4-5-6-7-20-9-11-21(12-10-20)18-25-19(2)8-17-24(25)22-13-15-23(26)16-14-22/h8-17,26H,3-7,18H2,1-2H3. The number of aromatic nitrogens is 1. The number of phenolic OH excluding ortho intramolecular Hbond substituents is 1. The van der Waals surface area contributed by atoms with E-state index in [1.165, 1.54) is 54.6 Å². The second kappa shape index (κ2) is 8.75. The lowest BCUT2D eigenvalue weighted by Crippen LogP contribution is -2.03. The topological polar surface area (TPSA) is 25.2 Å². The van der Waals surface area contributed by atoms with Crippen molar-refractivity contribution in [2.45, 2.75) is 52.5 Å². The van der Waals surface area contributed by atoms with E-state index in [0.29, 0.717) is 5.75 Å². The molecular formula is C24H29NO. The summed E-state index contributed by atoms with van der Waals surface area (Å²) in [5.74, 6) is 0.304. The minimum atomic E-state index is 0.304. The Morgan fingerprint density at radius 3 is 2.15 bits per heavy atom. The molecule has 2 nitrogen and oxygen atoms in total. The van der Waals surface area contributed by atoms with Gasteiger partial charge in [-0.05, 0) is 72.9 Å². The van der Waals surface area contributed by atoms with Crippen molar-refractivity contribution >= 4 is 0 Å². The number of aromatic hydroxyl groups is 1. The molecular weight excluding hydrogens is 318 g/mol. The van der Waals surface area contributed by atoms with Crippen molar-refractivity contribution < 1.29 is 5.11 Å². The molecule has 0 aliphatic heterocycles. The molecule has 0 saturated heterocycles. The quantitative estimate of drug-likeness (QED) is 0.473. The minimum Gasteiger partial charge on any atom is -0.508 e. The van der Waals surface area contributed by atoms with Gasteiger partial charge >= 0.3 is 0 Å². The summed E-state index contributed by atoms with van der Waals surface area (Å²) in [5.41, 5.74) is 6.32. The molecule has 0 aliphatic carbocycles. The number of aryl methyl sites for hydroxylation is 2. The Balaban J connectivity index is 1.71. The Labute approximate surface area is 157 Å². The molecule has 1 heterocycles. The van der Waals surface area contributed by atoms with Crippen LogP contribution < -0.4 is 0 Å². The average Bonchev–Trinajstić information content (AvgIpc) is 3.01. The lowest BCUT2D eigenvalue weighted by Gasteiger charge is -2.13. The van der Waals surface area contributed by atoms with Crippen LogP contribution in [0.5, 0.6) is 5.75 Å². The predicted octanol–water partition coefficient (Wildman–Crippen LogP) is 6.34. The van der Waals surface area contributed by atoms with Crippen LogP contribution in [-0.4, -0.2) is 9.67 Å². The zero-order valence-electron chi connectivity index (χ0n) is 15.9. The van der Waals surface area contributed by atoms with E-state index in [4.69, 9.17) is 0 Å². The molecule has 0 spiro atoms. The maximum absolute atomic E-state index is 9.52. The van der Waals surface area contributed by atoms with Crippen LogP contribution in [0.4, 0.5) is 0 Å². The zero-order valence-corrected chi connectivity index (χ0v) is 15.9. The van der Waals surface area contributed by atoms with Crippen LogP contribution in [0.2, 0.25) is 0 Å². The molecule has 3 rings (SSSR count). The third-order valence-corrected chi connectivity index (χ3v) is 5.04. The van der Waals surface area contributed by atoms with Gasteiger partial charge in [-0.2, -0.15) is 0 Å². The number of nitrogens with zero attached hydrogens (tertiary/aromatic N) is 1. The largest absolute Gasteiger partial charge is 0.508 e. The van der Waals surface area contributed by atoms with Crippen LogP contribution in [-0.2, 0) is 13.0 Å². The van der Waals surface area contributed by atoms with Crippen molar-refractivity contribution in [3.8, 4) is 17.0 Å². The molecule has 1 aromatic heterocycles. The lowest BCUT2D eigenvalue weighted by atomic mass is 10.0. The zero-order chi connectivity index (χ0) is 18.4. The highest BCUT2D eigenvalue weighted by molar-refractivity contribution is 5.62. The second-order valence-corrected chi connectivity index (χ2v) is 7.12. The van der Waals surface area contributed by atoms with Gasteiger partial charge < -0.3 is 9.67 Å². The Morgan fingerprint density at radius 2 is 1.46 bits per heavy atom. The molecule has 136 valence electrons. The highest BCUT2D eigenvalue weighted by Gasteiger charge is 2.08. The summed E-state index contributed by atoms with van der Waals surface area (Å²) in [6.07, 6.45) is 6.43. The van der Waals surface area contributed by atoms with Crippen molar-refractivity contribution in [3.05, 3.63) is 77.5 Å². The van der Waals surface area contributed by atoms with Gasteiger partial charge in [0.25, 0.3) is 0 Å². The van der Waals surface area contributed by atoms with Crippen LogP contribution in [0, 0.1) is 6.92 Å². The van der Waals surface area contributed by atoms with Gasteiger partial charge in [-0.3, -0.25) is 0 Å². The van der Waals surface area contributed by atoms with Crippen molar-refractivity contribution in [1.82, 2.24) is 4.57 Å². The smallest absolute Gasteiger partial charge is 0.115 e. The van der Waals surface area contributed by atoms with Crippen LogP contribution in [0.3, 0.4) is 0 Å². The van der Waals surface area contributed by atoms with Gasteiger partial charge in [-0.25, -0.2) is 0 Å². The number of unbranched alkanes of at least 4 members (excludes halogenated alkanes) is 3. The van der Waals surface area contributed by atoms with Gasteiger partial charge in [0.2, 0.25) is 0 Å². The Morgan fingerprint density at radius 1 is 0.769 bits per heavy atom. The van der Waals surface area contributed by atoms with E-state index in [1.807, 2.05) is 12.1 Å². The summed E-state index contributed by atoms with van der Waals surface area (Å²) in [6.45, 7) is 5.27. The highest BCUT2D eigenvalue weighted by Crippen LogP contribution is 2.25. The molecule has 0 amide bonds. The Hall–Kier alpha value is -2.48. The molecule has 1 N–H and O–H groups in total. The monoisotopic (exact) mass is 347 g/mol. The van der Waals surface area contributed by atoms with Crippen molar-refractivity contribution in [3.63, 3.8) is 0 Å². The van der Waals surface area contributed by atoms with E-state index < -0.39 is 0 Å². The first-order valence-corrected chi connectivity index (χ1v) is 9.70. The summed E-state index contributed by atoms with van der Waals surface area (Å²) in [5, 5.41) is 9.52. The van der Waals surface area contributed by atoms with Crippen molar-refractivity contribution in [1.29, 1.82) is 0 Å². The fraction of sp³-hybridized carbons (Fsp3) is 0.333. The summed E-state index contributed by atoms with van der Waals surface area (Å²) in [7, 11) is 0. The molecule has 0 bridgehead atoms. The highest BCUT2D eigenvalue weighted by atomic mass is 16.3. The van der Waals surface area contributed by atoms with Gasteiger partial charge in [-0.1, -0.05) is 50.5 Å². The van der Waals surface area contributed by atoms with E-state index in [9.17, 15) is 5.11 Å². The molecule has 3 aromatic rings. The van der Waals surface area contributed by atoms with Gasteiger partial charge in [0.05, 0.1) is 0 Å².